The van der Waals surface area contributed by atoms with Gasteiger partial charge in [0.25, 0.3) is 0 Å². The molecule has 1 aromatic heterocycles. The lowest BCUT2D eigenvalue weighted by Gasteiger charge is -2.37. The lowest BCUT2D eigenvalue weighted by Crippen LogP contribution is -2.48. The molecule has 1 aliphatic carbocycles. The fourth-order valence-corrected chi connectivity index (χ4v) is 3.11. The van der Waals surface area contributed by atoms with Crippen LogP contribution < -0.4 is 10.6 Å². The number of nitrogens with two attached hydrogens (primary N) is 1. The Balaban J connectivity index is 1.83. The van der Waals surface area contributed by atoms with Crippen molar-refractivity contribution in [3.05, 3.63) is 18.0 Å². The average molecular weight is 218 g/mol. The monoisotopic (exact) mass is 218 g/mol. The number of aromatic nitrogens is 2. The number of hydrogen-bond donors (Lipinski definition) is 1. The van der Waals surface area contributed by atoms with Gasteiger partial charge in [-0.2, -0.15) is 10.2 Å². The van der Waals surface area contributed by atoms with Crippen LogP contribution in [0.2, 0.25) is 0 Å². The maximum atomic E-state index is 6.20. The van der Waals surface area contributed by atoms with Gasteiger partial charge in [-0.25, -0.2) is 0 Å². The normalized spacial score (nSPS) is 33.1. The van der Waals surface area contributed by atoms with Crippen LogP contribution in [0.3, 0.4) is 0 Å². The third-order valence-corrected chi connectivity index (χ3v) is 4.03. The highest BCUT2D eigenvalue weighted by Crippen LogP contribution is 2.37. The Morgan fingerprint density at radius 3 is 2.62 bits per heavy atom. The Hall–Kier alpha value is -1.16. The van der Waals surface area contributed by atoms with E-state index in [0.717, 1.165) is 18.8 Å². The molecular formula is C12H18N4. The summed E-state index contributed by atoms with van der Waals surface area (Å²) in [6.07, 6.45) is 4.45. The molecule has 0 amide bonds. The molecule has 2 N–H and O–H groups in total. The van der Waals surface area contributed by atoms with Crippen LogP contribution >= 0.6 is 0 Å². The second kappa shape index (κ2) is 3.70. The zero-order valence-corrected chi connectivity index (χ0v) is 9.63. The highest BCUT2D eigenvalue weighted by molar-refractivity contribution is 5.45. The first-order chi connectivity index (χ1) is 7.74. The van der Waals surface area contributed by atoms with E-state index in [9.17, 15) is 0 Å². The van der Waals surface area contributed by atoms with E-state index in [1.165, 1.54) is 18.5 Å². The van der Waals surface area contributed by atoms with Gasteiger partial charge in [-0.15, -0.1) is 0 Å². The van der Waals surface area contributed by atoms with Gasteiger partial charge in [0.05, 0.1) is 17.6 Å². The third kappa shape index (κ3) is 1.57. The molecule has 16 heavy (non-hydrogen) atoms. The van der Waals surface area contributed by atoms with Crippen LogP contribution in [0.4, 0.5) is 5.69 Å². The quantitative estimate of drug-likeness (QED) is 0.762. The molecule has 0 spiro atoms. The van der Waals surface area contributed by atoms with Crippen LogP contribution in [0, 0.1) is 18.8 Å². The number of aryl methyl sites for hydroxylation is 1. The number of anilines is 1. The summed E-state index contributed by atoms with van der Waals surface area (Å²) in [5, 5.41) is 8.03. The molecule has 1 saturated carbocycles. The Morgan fingerprint density at radius 1 is 1.31 bits per heavy atom. The smallest absolute Gasteiger partial charge is 0.0730 e. The Morgan fingerprint density at radius 2 is 2.00 bits per heavy atom. The summed E-state index contributed by atoms with van der Waals surface area (Å²) < 4.78 is 0. The minimum absolute atomic E-state index is 0.423. The van der Waals surface area contributed by atoms with Crippen molar-refractivity contribution >= 4 is 5.69 Å². The number of fused-ring (bicyclic) bond motifs is 2. The van der Waals surface area contributed by atoms with Crippen molar-refractivity contribution in [2.24, 2.45) is 17.6 Å². The molecule has 1 unspecified atom stereocenters. The molecule has 3 rings (SSSR count). The molecule has 1 saturated heterocycles. The zero-order chi connectivity index (χ0) is 11.1. The van der Waals surface area contributed by atoms with Crippen molar-refractivity contribution in [1.82, 2.24) is 10.2 Å². The molecule has 4 nitrogen and oxygen atoms in total. The van der Waals surface area contributed by atoms with E-state index < -0.39 is 0 Å². The molecule has 1 aliphatic heterocycles. The van der Waals surface area contributed by atoms with Crippen molar-refractivity contribution in [1.29, 1.82) is 0 Å². The van der Waals surface area contributed by atoms with Crippen LogP contribution in [0.5, 0.6) is 0 Å². The van der Waals surface area contributed by atoms with E-state index in [1.807, 2.05) is 13.1 Å². The number of hydrogen-bond acceptors (Lipinski definition) is 4. The topological polar surface area (TPSA) is 55.0 Å². The Labute approximate surface area is 95.8 Å². The maximum absolute atomic E-state index is 6.20. The number of rotatable bonds is 1. The summed E-state index contributed by atoms with van der Waals surface area (Å²) in [5.74, 6) is 1.35. The van der Waals surface area contributed by atoms with Gasteiger partial charge in [-0.3, -0.25) is 0 Å². The van der Waals surface area contributed by atoms with Crippen molar-refractivity contribution in [2.45, 2.75) is 25.8 Å². The lowest BCUT2D eigenvalue weighted by atomic mass is 9.93. The zero-order valence-electron chi connectivity index (χ0n) is 9.63. The molecule has 0 aromatic carbocycles. The Kier molecular flexibility index (Phi) is 2.32. The van der Waals surface area contributed by atoms with E-state index in [-0.39, 0.29) is 0 Å². The van der Waals surface area contributed by atoms with Crippen LogP contribution in [-0.4, -0.2) is 29.3 Å². The van der Waals surface area contributed by atoms with E-state index in [1.54, 1.807) is 0 Å². The largest absolute Gasteiger partial charge is 0.370 e. The van der Waals surface area contributed by atoms with Gasteiger partial charge in [-0.1, -0.05) is 0 Å². The van der Waals surface area contributed by atoms with E-state index >= 15 is 0 Å². The summed E-state index contributed by atoms with van der Waals surface area (Å²) in [6.45, 7) is 4.16. The predicted molar refractivity (Wildman–Crippen MR) is 63.2 cm³/mol. The fourth-order valence-electron chi connectivity index (χ4n) is 3.11. The van der Waals surface area contributed by atoms with Gasteiger partial charge < -0.3 is 10.6 Å². The van der Waals surface area contributed by atoms with Gasteiger partial charge in [-0.05, 0) is 37.7 Å². The van der Waals surface area contributed by atoms with Gasteiger partial charge >= 0.3 is 0 Å². The van der Waals surface area contributed by atoms with Gasteiger partial charge in [0, 0.05) is 19.1 Å². The molecule has 3 atom stereocenters. The molecule has 2 bridgehead atoms. The molecule has 2 aliphatic rings. The summed E-state index contributed by atoms with van der Waals surface area (Å²) in [5.41, 5.74) is 8.39. The lowest BCUT2D eigenvalue weighted by molar-refractivity contribution is 0.356. The van der Waals surface area contributed by atoms with Crippen molar-refractivity contribution in [3.63, 3.8) is 0 Å². The van der Waals surface area contributed by atoms with Gasteiger partial charge in [0.2, 0.25) is 0 Å². The first-order valence-electron chi connectivity index (χ1n) is 6.04. The first-order valence-corrected chi connectivity index (χ1v) is 6.04. The number of nitrogens with zero attached hydrogens (tertiary/aromatic N) is 3. The second-order valence-electron chi connectivity index (χ2n) is 5.13. The predicted octanol–water partition coefficient (Wildman–Crippen LogP) is 0.959. The summed E-state index contributed by atoms with van der Waals surface area (Å²) >= 11 is 0. The summed E-state index contributed by atoms with van der Waals surface area (Å²) in [7, 11) is 0. The van der Waals surface area contributed by atoms with Crippen LogP contribution in [0.25, 0.3) is 0 Å². The molecule has 1 aromatic rings. The van der Waals surface area contributed by atoms with Crippen LogP contribution in [-0.2, 0) is 0 Å². The highest BCUT2D eigenvalue weighted by atomic mass is 15.2. The van der Waals surface area contributed by atoms with E-state index in [0.29, 0.717) is 17.9 Å². The van der Waals surface area contributed by atoms with Crippen molar-refractivity contribution < 1.29 is 0 Å². The number of piperidine rings is 1. The van der Waals surface area contributed by atoms with Crippen molar-refractivity contribution in [2.75, 3.05) is 18.0 Å². The SMILES string of the molecule is Cc1cc(N2CC3CC[C@@H](C2)[C@@H]3N)cnn1. The molecule has 4 heteroatoms. The van der Waals surface area contributed by atoms with Gasteiger partial charge in [0.1, 0.15) is 0 Å². The minimum Gasteiger partial charge on any atom is -0.370 e. The van der Waals surface area contributed by atoms with Crippen molar-refractivity contribution in [3.8, 4) is 0 Å². The molecular weight excluding hydrogens is 200 g/mol. The van der Waals surface area contributed by atoms with Gasteiger partial charge in [0.15, 0.2) is 0 Å². The molecule has 0 radical (unpaired) electrons. The second-order valence-corrected chi connectivity index (χ2v) is 5.13. The maximum Gasteiger partial charge on any atom is 0.0730 e. The Bertz CT molecular complexity index is 378. The van der Waals surface area contributed by atoms with Crippen LogP contribution in [0.15, 0.2) is 12.3 Å². The summed E-state index contributed by atoms with van der Waals surface area (Å²) in [4.78, 5) is 2.42. The average Bonchev–Trinajstić information content (AvgIpc) is 2.53. The molecule has 86 valence electrons. The minimum atomic E-state index is 0.423. The highest BCUT2D eigenvalue weighted by Gasteiger charge is 2.39. The van der Waals surface area contributed by atoms with E-state index in [4.69, 9.17) is 5.73 Å². The molecule has 2 heterocycles. The summed E-state index contributed by atoms with van der Waals surface area (Å²) in [6, 6.07) is 2.54. The van der Waals surface area contributed by atoms with Crippen LogP contribution in [0.1, 0.15) is 18.5 Å². The standard InChI is InChI=1S/C12H18N4/c1-8-4-11(5-14-15-8)16-6-9-2-3-10(7-16)12(9)13/h4-5,9-10,12H,2-3,6-7,13H2,1H3/t9-,10?,12-/m0/s1. The van der Waals surface area contributed by atoms with E-state index in [2.05, 4.69) is 21.2 Å². The molecule has 2 fully saturated rings. The fraction of sp³-hybridized carbons (Fsp3) is 0.667. The first kappa shape index (κ1) is 10.0. The third-order valence-electron chi connectivity index (χ3n) is 4.03.